The van der Waals surface area contributed by atoms with Gasteiger partial charge in [0.05, 0.1) is 0 Å². The maximum atomic E-state index is 12.0. The molecule has 2 aromatic rings. The summed E-state index contributed by atoms with van der Waals surface area (Å²) in [5.41, 5.74) is 8.32. The van der Waals surface area contributed by atoms with Crippen molar-refractivity contribution in [3.63, 3.8) is 0 Å². The van der Waals surface area contributed by atoms with Gasteiger partial charge in [-0.3, -0.25) is 20.4 Å². The number of nitrogens with one attached hydrogen (secondary N) is 2. The van der Waals surface area contributed by atoms with Crippen LogP contribution in [0.5, 0.6) is 5.75 Å². The van der Waals surface area contributed by atoms with E-state index in [4.69, 9.17) is 4.74 Å². The van der Waals surface area contributed by atoms with Crippen LogP contribution in [0.25, 0.3) is 0 Å². The Labute approximate surface area is 148 Å². The molecule has 25 heavy (non-hydrogen) atoms. The third-order valence-electron chi connectivity index (χ3n) is 3.91. The summed E-state index contributed by atoms with van der Waals surface area (Å²) in [6.07, 6.45) is 0. The van der Waals surface area contributed by atoms with E-state index >= 15 is 0 Å². The van der Waals surface area contributed by atoms with E-state index in [1.165, 1.54) is 0 Å². The molecule has 5 nitrogen and oxygen atoms in total. The van der Waals surface area contributed by atoms with E-state index in [0.29, 0.717) is 17.2 Å². The van der Waals surface area contributed by atoms with Gasteiger partial charge in [0.1, 0.15) is 5.75 Å². The highest BCUT2D eigenvalue weighted by atomic mass is 16.5. The highest BCUT2D eigenvalue weighted by Gasteiger charge is 2.10. The van der Waals surface area contributed by atoms with Gasteiger partial charge in [-0.15, -0.1) is 0 Å². The van der Waals surface area contributed by atoms with Gasteiger partial charge in [0.25, 0.3) is 11.8 Å². The lowest BCUT2D eigenvalue weighted by Crippen LogP contribution is -2.43. The molecule has 0 spiro atoms. The summed E-state index contributed by atoms with van der Waals surface area (Å²) in [4.78, 5) is 23.9. The quantitative estimate of drug-likeness (QED) is 0.821. The van der Waals surface area contributed by atoms with Gasteiger partial charge in [-0.25, -0.2) is 0 Å². The Kier molecular flexibility index (Phi) is 6.17. The predicted molar refractivity (Wildman–Crippen MR) is 97.6 cm³/mol. The topological polar surface area (TPSA) is 67.4 Å². The van der Waals surface area contributed by atoms with Crippen molar-refractivity contribution in [2.24, 2.45) is 0 Å². The van der Waals surface area contributed by atoms with Gasteiger partial charge >= 0.3 is 0 Å². The molecule has 0 aliphatic carbocycles. The normalized spacial score (nSPS) is 10.4. The van der Waals surface area contributed by atoms with Crippen LogP contribution in [0.3, 0.4) is 0 Å². The number of carbonyl (C=O) groups excluding carboxylic acids is 2. The molecule has 132 valence electrons. The maximum Gasteiger partial charge on any atom is 0.276 e. The van der Waals surface area contributed by atoms with E-state index in [2.05, 4.69) is 24.7 Å². The lowest BCUT2D eigenvalue weighted by atomic mass is 10.0. The molecule has 2 aromatic carbocycles. The van der Waals surface area contributed by atoms with Crippen LogP contribution < -0.4 is 15.6 Å². The van der Waals surface area contributed by atoms with Crippen molar-refractivity contribution in [1.29, 1.82) is 0 Å². The fourth-order valence-corrected chi connectivity index (χ4v) is 2.42. The van der Waals surface area contributed by atoms with Gasteiger partial charge in [0, 0.05) is 5.56 Å². The number of amides is 2. The molecule has 0 atom stereocenters. The second kappa shape index (κ2) is 8.33. The standard InChI is InChI=1S/C20H24N2O3/c1-13(2)16-8-10-17(11-9-16)20(24)22-21-18(23)12-25-19-14(3)6-5-7-15(19)4/h5-11,13H,12H2,1-4H3,(H,21,23)(H,22,24). The molecule has 0 aliphatic rings. The van der Waals surface area contributed by atoms with Crippen LogP contribution in [-0.2, 0) is 4.79 Å². The molecule has 2 N–H and O–H groups in total. The van der Waals surface area contributed by atoms with E-state index in [-0.39, 0.29) is 12.5 Å². The summed E-state index contributed by atoms with van der Waals surface area (Å²) >= 11 is 0. The lowest BCUT2D eigenvalue weighted by molar-refractivity contribution is -0.123. The molecule has 2 amide bonds. The number of hydrogen-bond acceptors (Lipinski definition) is 3. The molecule has 0 aromatic heterocycles. The Bertz CT molecular complexity index is 732. The molecule has 0 fully saturated rings. The van der Waals surface area contributed by atoms with Crippen molar-refractivity contribution in [1.82, 2.24) is 10.9 Å². The van der Waals surface area contributed by atoms with Crippen LogP contribution in [0.15, 0.2) is 42.5 Å². The third-order valence-corrected chi connectivity index (χ3v) is 3.91. The number of aryl methyl sites for hydroxylation is 2. The summed E-state index contributed by atoms with van der Waals surface area (Å²) in [7, 11) is 0. The minimum atomic E-state index is -0.421. The second-order valence-corrected chi connectivity index (χ2v) is 6.29. The molecule has 2 rings (SSSR count). The van der Waals surface area contributed by atoms with E-state index in [0.717, 1.165) is 16.7 Å². The van der Waals surface area contributed by atoms with E-state index in [1.807, 2.05) is 44.2 Å². The van der Waals surface area contributed by atoms with Crippen LogP contribution >= 0.6 is 0 Å². The first-order valence-electron chi connectivity index (χ1n) is 8.26. The fraction of sp³-hybridized carbons (Fsp3) is 0.300. The molecule has 5 heteroatoms. The van der Waals surface area contributed by atoms with Gasteiger partial charge < -0.3 is 4.74 Å². The van der Waals surface area contributed by atoms with Gasteiger partial charge in [0.15, 0.2) is 6.61 Å². The monoisotopic (exact) mass is 340 g/mol. The van der Waals surface area contributed by atoms with Crippen molar-refractivity contribution >= 4 is 11.8 Å². The molecule has 0 heterocycles. The largest absolute Gasteiger partial charge is 0.483 e. The highest BCUT2D eigenvalue weighted by molar-refractivity contribution is 5.95. The minimum absolute atomic E-state index is 0.168. The second-order valence-electron chi connectivity index (χ2n) is 6.29. The summed E-state index contributed by atoms with van der Waals surface area (Å²) in [5, 5.41) is 0. The number of hydrogen-bond donors (Lipinski definition) is 2. The highest BCUT2D eigenvalue weighted by Crippen LogP contribution is 2.22. The van der Waals surface area contributed by atoms with E-state index in [9.17, 15) is 9.59 Å². The summed E-state index contributed by atoms with van der Waals surface area (Å²) in [5.74, 6) is 0.303. The third kappa shape index (κ3) is 5.08. The van der Waals surface area contributed by atoms with E-state index in [1.54, 1.807) is 12.1 Å². The van der Waals surface area contributed by atoms with Gasteiger partial charge in [-0.2, -0.15) is 0 Å². The number of benzene rings is 2. The van der Waals surface area contributed by atoms with Crippen molar-refractivity contribution in [3.05, 3.63) is 64.7 Å². The Hall–Kier alpha value is -2.82. The maximum absolute atomic E-state index is 12.0. The average molecular weight is 340 g/mol. The number of para-hydroxylation sites is 1. The molecule has 0 saturated carbocycles. The van der Waals surface area contributed by atoms with Crippen LogP contribution in [-0.4, -0.2) is 18.4 Å². The SMILES string of the molecule is Cc1cccc(C)c1OCC(=O)NNC(=O)c1ccc(C(C)C)cc1. The molecule has 0 unspecified atom stereocenters. The predicted octanol–water partition coefficient (Wildman–Crippen LogP) is 3.27. The molecule has 0 aliphatic heterocycles. The van der Waals surface area contributed by atoms with Crippen LogP contribution in [0.1, 0.15) is 46.8 Å². The molecule has 0 saturated heterocycles. The Morgan fingerprint density at radius 1 is 0.960 bits per heavy atom. The number of carbonyl (C=O) groups is 2. The van der Waals surface area contributed by atoms with Crippen molar-refractivity contribution < 1.29 is 14.3 Å². The zero-order chi connectivity index (χ0) is 18.4. The average Bonchev–Trinajstić information content (AvgIpc) is 2.59. The Morgan fingerprint density at radius 2 is 1.56 bits per heavy atom. The van der Waals surface area contributed by atoms with Crippen LogP contribution in [0.4, 0.5) is 0 Å². The smallest absolute Gasteiger partial charge is 0.276 e. The molecule has 0 radical (unpaired) electrons. The van der Waals surface area contributed by atoms with Crippen LogP contribution in [0, 0.1) is 13.8 Å². The Balaban J connectivity index is 1.84. The zero-order valence-corrected chi connectivity index (χ0v) is 15.1. The summed E-state index contributed by atoms with van der Waals surface area (Å²) in [6, 6.07) is 13.1. The summed E-state index contributed by atoms with van der Waals surface area (Å²) in [6.45, 7) is 7.85. The number of ether oxygens (including phenoxy) is 1. The van der Waals surface area contributed by atoms with Crippen molar-refractivity contribution in [3.8, 4) is 5.75 Å². The van der Waals surface area contributed by atoms with Crippen LogP contribution in [0.2, 0.25) is 0 Å². The van der Waals surface area contributed by atoms with Gasteiger partial charge in [0.2, 0.25) is 0 Å². The molecule has 0 bridgehead atoms. The van der Waals surface area contributed by atoms with E-state index < -0.39 is 5.91 Å². The van der Waals surface area contributed by atoms with Gasteiger partial charge in [-0.05, 0) is 48.6 Å². The lowest BCUT2D eigenvalue weighted by Gasteiger charge is -2.12. The number of rotatable bonds is 5. The molecular formula is C20H24N2O3. The summed E-state index contributed by atoms with van der Waals surface area (Å²) < 4.78 is 5.55. The first-order chi connectivity index (χ1) is 11.9. The first kappa shape index (κ1) is 18.5. The van der Waals surface area contributed by atoms with Crippen molar-refractivity contribution in [2.45, 2.75) is 33.6 Å². The fourth-order valence-electron chi connectivity index (χ4n) is 2.42. The number of hydrazine groups is 1. The zero-order valence-electron chi connectivity index (χ0n) is 15.1. The first-order valence-corrected chi connectivity index (χ1v) is 8.26. The minimum Gasteiger partial charge on any atom is -0.483 e. The Morgan fingerprint density at radius 3 is 2.12 bits per heavy atom. The molecular weight excluding hydrogens is 316 g/mol. The van der Waals surface area contributed by atoms with Crippen molar-refractivity contribution in [2.75, 3.05) is 6.61 Å². The van der Waals surface area contributed by atoms with Gasteiger partial charge in [-0.1, -0.05) is 44.2 Å².